The fraction of sp³-hybridized carbons (Fsp3) is 0.333. The zero-order valence-electron chi connectivity index (χ0n) is 12.4. The molecule has 2 rings (SSSR count). The van der Waals surface area contributed by atoms with Crippen LogP contribution in [0.5, 0.6) is 17.4 Å². The number of nitrogen functional groups attached to an aromatic ring is 1. The highest BCUT2D eigenvalue weighted by atomic mass is 16.5. The van der Waals surface area contributed by atoms with Gasteiger partial charge in [0.25, 0.3) is 5.88 Å². The van der Waals surface area contributed by atoms with Crippen molar-refractivity contribution in [2.24, 2.45) is 5.92 Å². The molecule has 2 aromatic rings. The third kappa shape index (κ3) is 3.53. The molecule has 112 valence electrons. The zero-order chi connectivity index (χ0) is 15.4. The van der Waals surface area contributed by atoms with Gasteiger partial charge in [-0.25, -0.2) is 4.98 Å². The number of anilines is 1. The summed E-state index contributed by atoms with van der Waals surface area (Å²) < 4.78 is 12.2. The van der Waals surface area contributed by atoms with Crippen molar-refractivity contribution in [3.8, 4) is 17.4 Å². The molecule has 0 aliphatic rings. The summed E-state index contributed by atoms with van der Waals surface area (Å²) in [5.41, 5.74) is 5.97. The Balaban J connectivity index is 2.34. The molecular weight excluding hydrogens is 270 g/mol. The number of hydrogen-bond acceptors (Lipinski definition) is 5. The Morgan fingerprint density at radius 3 is 2.81 bits per heavy atom. The minimum atomic E-state index is -0.284. The number of nitrogens with two attached hydrogens (primary N) is 1. The predicted molar refractivity (Wildman–Crippen MR) is 80.8 cm³/mol. The first-order valence-electron chi connectivity index (χ1n) is 6.68. The number of ether oxygens (including phenoxy) is 2. The first-order chi connectivity index (χ1) is 10.0. The fourth-order valence-corrected chi connectivity index (χ4v) is 1.87. The van der Waals surface area contributed by atoms with Crippen LogP contribution in [0.2, 0.25) is 0 Å². The highest BCUT2D eigenvalue weighted by Gasteiger charge is 2.11. The minimum absolute atomic E-state index is 0.00176. The van der Waals surface area contributed by atoms with E-state index in [0.717, 1.165) is 0 Å². The summed E-state index contributed by atoms with van der Waals surface area (Å²) in [5, 5.41) is 0. The van der Waals surface area contributed by atoms with E-state index in [9.17, 15) is 4.79 Å². The Hall–Kier alpha value is -2.50. The highest BCUT2D eigenvalue weighted by Crippen LogP contribution is 2.29. The lowest BCUT2D eigenvalue weighted by Gasteiger charge is -2.11. The number of hydrogen-bond donors (Lipinski definition) is 1. The van der Waals surface area contributed by atoms with Crippen LogP contribution in [0.3, 0.4) is 0 Å². The van der Waals surface area contributed by atoms with Gasteiger partial charge in [-0.2, -0.15) is 0 Å². The largest absolute Gasteiger partial charge is 0.497 e. The second-order valence-electron chi connectivity index (χ2n) is 5.09. The normalized spacial score (nSPS) is 10.7. The molecule has 6 nitrogen and oxygen atoms in total. The quantitative estimate of drug-likeness (QED) is 0.854. The minimum Gasteiger partial charge on any atom is -0.497 e. The van der Waals surface area contributed by atoms with E-state index in [0.29, 0.717) is 29.6 Å². The van der Waals surface area contributed by atoms with Crippen LogP contribution < -0.4 is 20.8 Å². The van der Waals surface area contributed by atoms with Crippen molar-refractivity contribution >= 4 is 5.69 Å². The molecule has 0 saturated heterocycles. The lowest BCUT2D eigenvalue weighted by Crippen LogP contribution is -2.23. The molecule has 6 heteroatoms. The van der Waals surface area contributed by atoms with Crippen LogP contribution in [0, 0.1) is 5.92 Å². The van der Waals surface area contributed by atoms with E-state index < -0.39 is 0 Å². The third-order valence-electron chi connectivity index (χ3n) is 2.87. The molecule has 0 fully saturated rings. The molecule has 2 N–H and O–H groups in total. The van der Waals surface area contributed by atoms with E-state index in [1.165, 1.54) is 6.20 Å². The molecule has 0 bridgehead atoms. The van der Waals surface area contributed by atoms with Gasteiger partial charge in [0.1, 0.15) is 5.75 Å². The summed E-state index contributed by atoms with van der Waals surface area (Å²) in [7, 11) is 1.55. The highest BCUT2D eigenvalue weighted by molar-refractivity contribution is 5.56. The second-order valence-corrected chi connectivity index (χ2v) is 5.09. The van der Waals surface area contributed by atoms with E-state index in [4.69, 9.17) is 15.2 Å². The van der Waals surface area contributed by atoms with Crippen LogP contribution >= 0.6 is 0 Å². The second kappa shape index (κ2) is 6.30. The van der Waals surface area contributed by atoms with Gasteiger partial charge in [0.15, 0.2) is 5.75 Å². The molecule has 0 aliphatic carbocycles. The van der Waals surface area contributed by atoms with Crippen molar-refractivity contribution in [1.29, 1.82) is 0 Å². The van der Waals surface area contributed by atoms with Gasteiger partial charge in [0, 0.05) is 25.0 Å². The zero-order valence-corrected chi connectivity index (χ0v) is 12.4. The molecular formula is C15H19N3O3. The monoisotopic (exact) mass is 289 g/mol. The first-order valence-corrected chi connectivity index (χ1v) is 6.68. The average Bonchev–Trinajstić information content (AvgIpc) is 2.45. The Bertz CT molecular complexity index is 680. The van der Waals surface area contributed by atoms with Crippen LogP contribution in [0.4, 0.5) is 5.69 Å². The van der Waals surface area contributed by atoms with Gasteiger partial charge in [-0.05, 0) is 18.1 Å². The molecule has 0 radical (unpaired) electrons. The van der Waals surface area contributed by atoms with Crippen molar-refractivity contribution < 1.29 is 9.47 Å². The SMILES string of the molecule is COc1ccc(N)c(Oc2nccn(CC(C)C)c2=O)c1. The standard InChI is InChI=1S/C15H19N3O3/c1-10(2)9-18-7-6-17-14(15(18)19)21-13-8-11(20-3)4-5-12(13)16/h4-8,10H,9,16H2,1-3H3. The molecule has 0 aliphatic heterocycles. The number of rotatable bonds is 5. The molecule has 0 spiro atoms. The fourth-order valence-electron chi connectivity index (χ4n) is 1.87. The number of nitrogens with zero attached hydrogens (tertiary/aromatic N) is 2. The number of benzene rings is 1. The summed E-state index contributed by atoms with van der Waals surface area (Å²) >= 11 is 0. The van der Waals surface area contributed by atoms with Gasteiger partial charge in [-0.3, -0.25) is 4.79 Å². The van der Waals surface area contributed by atoms with Crippen molar-refractivity contribution in [3.63, 3.8) is 0 Å². The van der Waals surface area contributed by atoms with Crippen LogP contribution in [0.15, 0.2) is 35.4 Å². The number of methoxy groups -OCH3 is 1. The predicted octanol–water partition coefficient (Wildman–Crippen LogP) is 2.28. The van der Waals surface area contributed by atoms with E-state index in [-0.39, 0.29) is 11.4 Å². The van der Waals surface area contributed by atoms with Crippen LogP contribution in [-0.4, -0.2) is 16.7 Å². The first kappa shape index (κ1) is 14.9. The number of aromatic nitrogens is 2. The summed E-state index contributed by atoms with van der Waals surface area (Å²) in [5.74, 6) is 1.29. The molecule has 1 heterocycles. The van der Waals surface area contributed by atoms with Gasteiger partial charge in [0.05, 0.1) is 12.8 Å². The van der Waals surface area contributed by atoms with Crippen LogP contribution in [0.1, 0.15) is 13.8 Å². The molecule has 0 atom stereocenters. The summed E-state index contributed by atoms with van der Waals surface area (Å²) in [6.45, 7) is 4.67. The Kier molecular flexibility index (Phi) is 4.47. The van der Waals surface area contributed by atoms with Crippen LogP contribution in [0.25, 0.3) is 0 Å². The van der Waals surface area contributed by atoms with Gasteiger partial charge in [-0.1, -0.05) is 13.8 Å². The lowest BCUT2D eigenvalue weighted by atomic mass is 10.2. The Morgan fingerprint density at radius 1 is 1.38 bits per heavy atom. The molecule has 1 aromatic heterocycles. The van der Waals surface area contributed by atoms with Crippen molar-refractivity contribution in [2.45, 2.75) is 20.4 Å². The third-order valence-corrected chi connectivity index (χ3v) is 2.87. The molecule has 21 heavy (non-hydrogen) atoms. The summed E-state index contributed by atoms with van der Waals surface area (Å²) in [4.78, 5) is 16.3. The smallest absolute Gasteiger partial charge is 0.313 e. The van der Waals surface area contributed by atoms with E-state index in [1.54, 1.807) is 36.1 Å². The van der Waals surface area contributed by atoms with Gasteiger partial charge in [0.2, 0.25) is 0 Å². The average molecular weight is 289 g/mol. The summed E-state index contributed by atoms with van der Waals surface area (Å²) in [6.07, 6.45) is 3.18. The van der Waals surface area contributed by atoms with Crippen molar-refractivity contribution in [1.82, 2.24) is 9.55 Å². The molecule has 1 aromatic carbocycles. The maximum atomic E-state index is 12.3. The van der Waals surface area contributed by atoms with Gasteiger partial charge >= 0.3 is 5.56 Å². The van der Waals surface area contributed by atoms with Crippen molar-refractivity contribution in [2.75, 3.05) is 12.8 Å². The van der Waals surface area contributed by atoms with E-state index in [1.807, 2.05) is 13.8 Å². The maximum Gasteiger partial charge on any atom is 0.313 e. The van der Waals surface area contributed by atoms with Crippen LogP contribution in [-0.2, 0) is 6.54 Å². The molecule has 0 unspecified atom stereocenters. The van der Waals surface area contributed by atoms with E-state index in [2.05, 4.69) is 4.98 Å². The van der Waals surface area contributed by atoms with Gasteiger partial charge < -0.3 is 19.8 Å². The molecule has 0 saturated carbocycles. The van der Waals surface area contributed by atoms with E-state index >= 15 is 0 Å². The maximum absolute atomic E-state index is 12.3. The lowest BCUT2D eigenvalue weighted by molar-refractivity contribution is 0.404. The topological polar surface area (TPSA) is 79.4 Å². The van der Waals surface area contributed by atoms with Crippen molar-refractivity contribution in [3.05, 3.63) is 40.9 Å². The van der Waals surface area contributed by atoms with Gasteiger partial charge in [-0.15, -0.1) is 0 Å². The summed E-state index contributed by atoms with van der Waals surface area (Å²) in [6, 6.07) is 5.00. The Labute approximate surface area is 123 Å². The molecule has 0 amide bonds. The Morgan fingerprint density at radius 2 is 2.14 bits per heavy atom.